The Morgan fingerprint density at radius 3 is 2.20 bits per heavy atom. The fourth-order valence-electron chi connectivity index (χ4n) is 1.22. The number of hydrogen-bond donors (Lipinski definition) is 1. The molecule has 1 aromatic heterocycles. The quantitative estimate of drug-likeness (QED) is 0.620. The number of benzene rings is 1. The first-order chi connectivity index (χ1) is 7.07. The molecule has 3 nitrogen and oxygen atoms in total. The molecule has 0 aliphatic heterocycles. The molecule has 0 amide bonds. The minimum Gasteiger partial charge on any atom is -0.370 e. The standard InChI is InChI=1S/C8H4Cl4N2O/c1-13-8-2-3(9)4(10)5(11)6(12)7(2)15-14-8/h1H3,(H,13,14). The Morgan fingerprint density at radius 1 is 1.00 bits per heavy atom. The third kappa shape index (κ3) is 1.54. The Morgan fingerprint density at radius 2 is 1.60 bits per heavy atom. The molecule has 80 valence electrons. The van der Waals surface area contributed by atoms with Crippen molar-refractivity contribution in [3.63, 3.8) is 0 Å². The van der Waals surface area contributed by atoms with Crippen molar-refractivity contribution in [3.8, 4) is 0 Å². The summed E-state index contributed by atoms with van der Waals surface area (Å²) >= 11 is 23.7. The normalized spacial score (nSPS) is 11.0. The van der Waals surface area contributed by atoms with E-state index in [1.54, 1.807) is 7.05 Å². The van der Waals surface area contributed by atoms with Gasteiger partial charge in [0.1, 0.15) is 5.02 Å². The molecule has 0 radical (unpaired) electrons. The molecule has 2 rings (SSSR count). The number of nitrogens with zero attached hydrogens (tertiary/aromatic N) is 1. The number of anilines is 1. The van der Waals surface area contributed by atoms with Gasteiger partial charge in [-0.3, -0.25) is 0 Å². The monoisotopic (exact) mass is 284 g/mol. The van der Waals surface area contributed by atoms with Gasteiger partial charge in [0, 0.05) is 7.05 Å². The fourth-order valence-corrected chi connectivity index (χ4v) is 2.18. The molecule has 0 aliphatic carbocycles. The first-order valence-corrected chi connectivity index (χ1v) is 5.38. The van der Waals surface area contributed by atoms with Crippen LogP contribution in [0, 0.1) is 0 Å². The Labute approximate surface area is 105 Å². The summed E-state index contributed by atoms with van der Waals surface area (Å²) in [5.74, 6) is 0.468. The van der Waals surface area contributed by atoms with E-state index in [0.29, 0.717) is 16.8 Å². The summed E-state index contributed by atoms with van der Waals surface area (Å²) in [7, 11) is 1.68. The number of aromatic nitrogens is 1. The highest BCUT2D eigenvalue weighted by Crippen LogP contribution is 2.45. The van der Waals surface area contributed by atoms with E-state index in [4.69, 9.17) is 50.9 Å². The van der Waals surface area contributed by atoms with Gasteiger partial charge in [-0.1, -0.05) is 51.6 Å². The SMILES string of the molecule is CNc1noc2c(Cl)c(Cl)c(Cl)c(Cl)c12. The van der Waals surface area contributed by atoms with Crippen LogP contribution in [0.2, 0.25) is 20.1 Å². The summed E-state index contributed by atoms with van der Waals surface area (Å²) in [5, 5.41) is 7.91. The molecule has 0 atom stereocenters. The fraction of sp³-hybridized carbons (Fsp3) is 0.125. The molecule has 0 saturated heterocycles. The lowest BCUT2D eigenvalue weighted by Crippen LogP contribution is -1.88. The summed E-state index contributed by atoms with van der Waals surface area (Å²) in [6.45, 7) is 0. The van der Waals surface area contributed by atoms with Gasteiger partial charge in [-0.05, 0) is 0 Å². The molecule has 0 fully saturated rings. The lowest BCUT2D eigenvalue weighted by atomic mass is 10.2. The molecular weight excluding hydrogens is 282 g/mol. The van der Waals surface area contributed by atoms with Crippen molar-refractivity contribution in [2.45, 2.75) is 0 Å². The van der Waals surface area contributed by atoms with Crippen molar-refractivity contribution < 1.29 is 4.52 Å². The maximum absolute atomic E-state index is 6.01. The molecule has 15 heavy (non-hydrogen) atoms. The second-order valence-corrected chi connectivity index (χ2v) is 4.25. The molecule has 1 N–H and O–H groups in total. The van der Waals surface area contributed by atoms with Gasteiger partial charge in [0.25, 0.3) is 0 Å². The number of halogens is 4. The highest BCUT2D eigenvalue weighted by molar-refractivity contribution is 6.55. The molecule has 0 saturated carbocycles. The van der Waals surface area contributed by atoms with Crippen LogP contribution in [0.15, 0.2) is 4.52 Å². The number of rotatable bonds is 1. The lowest BCUT2D eigenvalue weighted by molar-refractivity contribution is 0.460. The van der Waals surface area contributed by atoms with Gasteiger partial charge in [-0.2, -0.15) is 0 Å². The first kappa shape index (κ1) is 11.1. The predicted molar refractivity (Wildman–Crippen MR) is 63.6 cm³/mol. The van der Waals surface area contributed by atoms with E-state index in [1.807, 2.05) is 0 Å². The zero-order chi connectivity index (χ0) is 11.2. The number of hydrogen-bond acceptors (Lipinski definition) is 3. The highest BCUT2D eigenvalue weighted by atomic mass is 35.5. The highest BCUT2D eigenvalue weighted by Gasteiger charge is 2.21. The van der Waals surface area contributed by atoms with Crippen LogP contribution >= 0.6 is 46.4 Å². The van der Waals surface area contributed by atoms with Gasteiger partial charge in [0.2, 0.25) is 0 Å². The van der Waals surface area contributed by atoms with Crippen molar-refractivity contribution in [2.24, 2.45) is 0 Å². The van der Waals surface area contributed by atoms with Crippen molar-refractivity contribution >= 4 is 63.2 Å². The summed E-state index contributed by atoms with van der Waals surface area (Å²) in [6.07, 6.45) is 0. The van der Waals surface area contributed by atoms with Crippen LogP contribution in [0.25, 0.3) is 11.0 Å². The Kier molecular flexibility index (Phi) is 2.90. The summed E-state index contributed by atoms with van der Waals surface area (Å²) < 4.78 is 5.02. The summed E-state index contributed by atoms with van der Waals surface area (Å²) in [5.41, 5.74) is 0.320. The van der Waals surface area contributed by atoms with E-state index in [2.05, 4.69) is 10.5 Å². The number of nitrogens with one attached hydrogen (secondary N) is 1. The molecule has 7 heteroatoms. The van der Waals surface area contributed by atoms with Gasteiger partial charge in [0.05, 0.1) is 20.5 Å². The van der Waals surface area contributed by atoms with Gasteiger partial charge < -0.3 is 9.84 Å². The molecule has 1 aromatic carbocycles. The molecule has 0 aliphatic rings. The van der Waals surface area contributed by atoms with E-state index >= 15 is 0 Å². The van der Waals surface area contributed by atoms with E-state index < -0.39 is 0 Å². The minimum atomic E-state index is 0.162. The molecular formula is C8H4Cl4N2O. The first-order valence-electron chi connectivity index (χ1n) is 3.87. The Balaban J connectivity index is 2.97. The summed E-state index contributed by atoms with van der Waals surface area (Å²) in [4.78, 5) is 0. The molecule has 0 bridgehead atoms. The largest absolute Gasteiger partial charge is 0.370 e. The van der Waals surface area contributed by atoms with Gasteiger partial charge in [0.15, 0.2) is 11.4 Å². The average Bonchev–Trinajstić information content (AvgIpc) is 2.67. The van der Waals surface area contributed by atoms with Gasteiger partial charge in [-0.15, -0.1) is 0 Å². The molecule has 0 unspecified atom stereocenters. The van der Waals surface area contributed by atoms with Crippen molar-refractivity contribution in [3.05, 3.63) is 20.1 Å². The van der Waals surface area contributed by atoms with Crippen LogP contribution in [0.1, 0.15) is 0 Å². The third-order valence-corrected chi connectivity index (χ3v) is 3.71. The van der Waals surface area contributed by atoms with Gasteiger partial charge >= 0.3 is 0 Å². The predicted octanol–water partition coefficient (Wildman–Crippen LogP) is 4.48. The third-order valence-electron chi connectivity index (χ3n) is 1.93. The van der Waals surface area contributed by atoms with Crippen molar-refractivity contribution in [1.29, 1.82) is 0 Å². The molecule has 1 heterocycles. The Bertz CT molecular complexity index is 537. The lowest BCUT2D eigenvalue weighted by Gasteiger charge is -2.03. The topological polar surface area (TPSA) is 38.1 Å². The second-order valence-electron chi connectivity index (χ2n) is 2.74. The smallest absolute Gasteiger partial charge is 0.190 e. The maximum atomic E-state index is 6.01. The van der Waals surface area contributed by atoms with Crippen LogP contribution in [-0.2, 0) is 0 Å². The zero-order valence-electron chi connectivity index (χ0n) is 7.37. The average molecular weight is 286 g/mol. The Hall–Kier alpha value is -0.350. The molecule has 2 aromatic rings. The number of fused-ring (bicyclic) bond motifs is 1. The van der Waals surface area contributed by atoms with Crippen molar-refractivity contribution in [2.75, 3.05) is 12.4 Å². The van der Waals surface area contributed by atoms with Crippen LogP contribution in [0.3, 0.4) is 0 Å². The zero-order valence-corrected chi connectivity index (χ0v) is 10.4. The van der Waals surface area contributed by atoms with Crippen LogP contribution in [-0.4, -0.2) is 12.2 Å². The van der Waals surface area contributed by atoms with E-state index in [9.17, 15) is 0 Å². The summed E-state index contributed by atoms with van der Waals surface area (Å²) in [6, 6.07) is 0. The van der Waals surface area contributed by atoms with Gasteiger partial charge in [-0.25, -0.2) is 0 Å². The van der Waals surface area contributed by atoms with Crippen LogP contribution in [0.5, 0.6) is 0 Å². The maximum Gasteiger partial charge on any atom is 0.190 e. The minimum absolute atomic E-state index is 0.162. The second kappa shape index (κ2) is 3.91. The van der Waals surface area contributed by atoms with E-state index in [1.165, 1.54) is 0 Å². The van der Waals surface area contributed by atoms with E-state index in [0.717, 1.165) is 0 Å². The van der Waals surface area contributed by atoms with E-state index in [-0.39, 0.29) is 20.1 Å². The van der Waals surface area contributed by atoms with Crippen LogP contribution in [0.4, 0.5) is 5.82 Å². The molecule has 0 spiro atoms. The van der Waals surface area contributed by atoms with Crippen LogP contribution < -0.4 is 5.32 Å². The van der Waals surface area contributed by atoms with Crippen molar-refractivity contribution in [1.82, 2.24) is 5.16 Å².